The summed E-state index contributed by atoms with van der Waals surface area (Å²) in [6.07, 6.45) is 53.8. The van der Waals surface area contributed by atoms with Gasteiger partial charge in [0.15, 0.2) is 18.9 Å². The van der Waals surface area contributed by atoms with Crippen molar-refractivity contribution in [1.29, 1.82) is 0 Å². The molecule has 3 aliphatic heterocycles. The molecule has 3 fully saturated rings. The summed E-state index contributed by atoms with van der Waals surface area (Å²) in [5, 5.41) is 121. The fourth-order valence-electron chi connectivity index (χ4n) is 13.8. The van der Waals surface area contributed by atoms with Crippen LogP contribution in [0, 0.1) is 0 Å². The Balaban J connectivity index is 1.27. The van der Waals surface area contributed by atoms with Gasteiger partial charge in [0.05, 0.1) is 38.6 Å². The zero-order chi connectivity index (χ0) is 73.2. The summed E-state index contributed by atoms with van der Waals surface area (Å²) in [4.78, 5) is 13.5. The number of unbranched alkanes of at least 4 members (excludes halogenated alkanes) is 41. The first kappa shape index (κ1) is 92.7. The van der Waals surface area contributed by atoms with Crippen LogP contribution in [-0.2, 0) is 33.2 Å². The van der Waals surface area contributed by atoms with Gasteiger partial charge in [-0.1, -0.05) is 319 Å². The van der Waals surface area contributed by atoms with Gasteiger partial charge in [-0.3, -0.25) is 4.79 Å². The zero-order valence-electron chi connectivity index (χ0n) is 63.1. The quantitative estimate of drug-likeness (QED) is 0.0199. The first-order chi connectivity index (χ1) is 49.3. The van der Waals surface area contributed by atoms with E-state index in [9.17, 15) is 61.0 Å². The number of carbonyl (C=O) groups excluding carboxylic acids is 1. The molecule has 0 aliphatic carbocycles. The Labute approximate surface area is 611 Å². The molecule has 12 N–H and O–H groups in total. The van der Waals surface area contributed by atoms with Crippen molar-refractivity contribution in [3.63, 3.8) is 0 Å². The van der Waals surface area contributed by atoms with Gasteiger partial charge in [0, 0.05) is 6.42 Å². The van der Waals surface area contributed by atoms with Crippen molar-refractivity contribution in [3.8, 4) is 0 Å². The molecule has 0 aromatic heterocycles. The molecule has 0 aromatic carbocycles. The van der Waals surface area contributed by atoms with Crippen LogP contribution in [0.2, 0.25) is 0 Å². The zero-order valence-corrected chi connectivity index (χ0v) is 63.1. The lowest BCUT2D eigenvalue weighted by atomic mass is 9.96. The highest BCUT2D eigenvalue weighted by Crippen LogP contribution is 2.33. The maximum Gasteiger partial charge on any atom is 0.220 e. The third-order valence-corrected chi connectivity index (χ3v) is 20.3. The number of rotatable bonds is 65. The Kier molecular flexibility index (Phi) is 57.4. The van der Waals surface area contributed by atoms with E-state index in [1.807, 2.05) is 6.08 Å². The van der Waals surface area contributed by atoms with Crippen molar-refractivity contribution in [1.82, 2.24) is 5.32 Å². The van der Waals surface area contributed by atoms with Crippen LogP contribution >= 0.6 is 0 Å². The molecule has 19 nitrogen and oxygen atoms in total. The number of hydrogen-bond acceptors (Lipinski definition) is 18. The van der Waals surface area contributed by atoms with Gasteiger partial charge < -0.3 is 89.9 Å². The van der Waals surface area contributed by atoms with E-state index in [1.165, 1.54) is 225 Å². The van der Waals surface area contributed by atoms with Gasteiger partial charge in [-0.2, -0.15) is 0 Å². The van der Waals surface area contributed by atoms with E-state index < -0.39 is 124 Å². The van der Waals surface area contributed by atoms with Crippen LogP contribution < -0.4 is 5.32 Å². The molecule has 0 radical (unpaired) electrons. The Morgan fingerprint density at radius 2 is 0.683 bits per heavy atom. The minimum atomic E-state index is -1.98. The van der Waals surface area contributed by atoms with Gasteiger partial charge in [0.2, 0.25) is 5.91 Å². The average Bonchev–Trinajstić information content (AvgIpc) is 0.782. The number of ether oxygens (including phenoxy) is 6. The summed E-state index contributed by atoms with van der Waals surface area (Å²) >= 11 is 0. The van der Waals surface area contributed by atoms with Crippen LogP contribution in [-0.4, -0.2) is 193 Å². The van der Waals surface area contributed by atoms with Crippen LogP contribution in [0.1, 0.15) is 322 Å². The van der Waals surface area contributed by atoms with Crippen LogP contribution in [0.5, 0.6) is 0 Å². The summed E-state index contributed by atoms with van der Waals surface area (Å²) in [5.74, 6) is -0.270. The smallest absolute Gasteiger partial charge is 0.220 e. The van der Waals surface area contributed by atoms with Gasteiger partial charge >= 0.3 is 0 Å². The third kappa shape index (κ3) is 42.6. The fourth-order valence-corrected chi connectivity index (χ4v) is 13.8. The van der Waals surface area contributed by atoms with Crippen LogP contribution in [0.3, 0.4) is 0 Å². The molecule has 0 aromatic rings. The first-order valence-corrected chi connectivity index (χ1v) is 41.0. The van der Waals surface area contributed by atoms with Crippen molar-refractivity contribution >= 4 is 5.91 Å². The monoisotopic (exact) mass is 1440 g/mol. The van der Waals surface area contributed by atoms with E-state index in [0.29, 0.717) is 6.42 Å². The van der Waals surface area contributed by atoms with Crippen molar-refractivity contribution in [2.45, 2.75) is 426 Å². The molecule has 3 saturated heterocycles. The van der Waals surface area contributed by atoms with Crippen molar-refractivity contribution in [2.24, 2.45) is 0 Å². The van der Waals surface area contributed by atoms with Crippen molar-refractivity contribution in [2.75, 3.05) is 26.4 Å². The Morgan fingerprint density at radius 1 is 0.366 bits per heavy atom. The van der Waals surface area contributed by atoms with Crippen LogP contribution in [0.4, 0.5) is 0 Å². The van der Waals surface area contributed by atoms with Crippen LogP contribution in [0.15, 0.2) is 60.8 Å². The maximum atomic E-state index is 13.5. The SMILES string of the molecule is CC/C=C\C/C=C\C/C=C\C/C=C\CCCCCCCCCCCCCCCCCCCCCCCCCCCCCCC(=O)NC(COC1OC(CO)C(OC2OC(CO)C(OC3OC(CO)C(O)C(O)C3O)C(O)C2O)C(O)C1O)C(O)/C=C/CCCCCCCCCCCCCCC. The second kappa shape index (κ2) is 62.5. The Hall–Kier alpha value is -2.51. The summed E-state index contributed by atoms with van der Waals surface area (Å²) in [5.41, 5.74) is 0. The number of hydrogen-bond donors (Lipinski definition) is 12. The molecule has 3 aliphatic rings. The molecule has 17 unspecified atom stereocenters. The highest BCUT2D eigenvalue weighted by atomic mass is 16.8. The minimum Gasteiger partial charge on any atom is -0.394 e. The van der Waals surface area contributed by atoms with E-state index in [2.05, 4.69) is 67.8 Å². The second-order valence-corrected chi connectivity index (χ2v) is 29.2. The van der Waals surface area contributed by atoms with E-state index in [1.54, 1.807) is 6.08 Å². The molecule has 0 spiro atoms. The van der Waals surface area contributed by atoms with E-state index >= 15 is 0 Å². The molecule has 0 saturated carbocycles. The topological polar surface area (TPSA) is 307 Å². The highest BCUT2D eigenvalue weighted by molar-refractivity contribution is 5.76. The largest absolute Gasteiger partial charge is 0.394 e. The van der Waals surface area contributed by atoms with Gasteiger partial charge in [0.1, 0.15) is 73.2 Å². The van der Waals surface area contributed by atoms with E-state index in [0.717, 1.165) is 70.6 Å². The normalized spacial score (nSPS) is 26.6. The van der Waals surface area contributed by atoms with Crippen LogP contribution in [0.25, 0.3) is 0 Å². The Morgan fingerprint density at radius 3 is 1.07 bits per heavy atom. The number of carbonyl (C=O) groups is 1. The van der Waals surface area contributed by atoms with Crippen molar-refractivity contribution in [3.05, 3.63) is 60.8 Å². The molecular formula is C82H149NO18. The molecule has 101 heavy (non-hydrogen) atoms. The van der Waals surface area contributed by atoms with E-state index in [-0.39, 0.29) is 18.9 Å². The number of nitrogens with one attached hydrogen (secondary N) is 1. The van der Waals surface area contributed by atoms with Gasteiger partial charge in [0.25, 0.3) is 0 Å². The molecule has 0 bridgehead atoms. The number of amides is 1. The average molecular weight is 1440 g/mol. The van der Waals surface area contributed by atoms with E-state index in [4.69, 9.17) is 28.4 Å². The lowest BCUT2D eigenvalue weighted by molar-refractivity contribution is -0.379. The lowest BCUT2D eigenvalue weighted by Crippen LogP contribution is -2.66. The molecule has 590 valence electrons. The highest BCUT2D eigenvalue weighted by Gasteiger charge is 2.54. The molecule has 1 amide bonds. The third-order valence-electron chi connectivity index (χ3n) is 20.3. The molecule has 3 rings (SSSR count). The molecule has 17 atom stereocenters. The van der Waals surface area contributed by atoms with Gasteiger partial charge in [-0.05, 0) is 57.8 Å². The number of aliphatic hydroxyl groups excluding tert-OH is 11. The predicted octanol–water partition coefficient (Wildman–Crippen LogP) is 13.8. The summed E-state index contributed by atoms with van der Waals surface area (Å²) in [6.45, 7) is 1.65. The molecule has 19 heteroatoms. The molecular weight excluding hydrogens is 1290 g/mol. The lowest BCUT2D eigenvalue weighted by Gasteiger charge is -2.48. The van der Waals surface area contributed by atoms with Crippen molar-refractivity contribution < 1.29 is 89.4 Å². The molecule has 3 heterocycles. The summed E-state index contributed by atoms with van der Waals surface area (Å²) < 4.78 is 34.4. The standard InChI is InChI=1S/C82H149NO18/c1-3-5-7-9-11-13-15-17-19-20-21-22-23-24-25-26-27-28-29-30-31-32-33-34-35-36-37-38-39-40-41-42-43-44-46-48-50-52-54-56-58-60-70(88)83-65(66(87)59-57-55-53-51-49-47-45-18-16-14-12-10-8-6-4-2)64-96-80-76(94)73(91)78(68(62-85)98-80)101-82-77(95)74(92)79(69(63-86)99-82)100-81-75(93)72(90)71(89)67(61-84)97-81/h5,7,11,13,17,19,21-22,57,59,65-69,71-82,84-87,89-95H,3-4,6,8-10,12,14-16,18,20,23-56,58,60-64H2,1-2H3,(H,83,88)/b7-5-,13-11-,19-17-,22-21-,59-57+. The maximum absolute atomic E-state index is 13.5. The minimum absolute atomic E-state index is 0.247. The van der Waals surface area contributed by atoms with Gasteiger partial charge in [-0.25, -0.2) is 0 Å². The Bertz CT molecular complexity index is 2060. The van der Waals surface area contributed by atoms with Gasteiger partial charge in [-0.15, -0.1) is 0 Å². The summed E-state index contributed by atoms with van der Waals surface area (Å²) in [7, 11) is 0. The predicted molar refractivity (Wildman–Crippen MR) is 402 cm³/mol. The summed E-state index contributed by atoms with van der Waals surface area (Å²) in [6, 6.07) is -0.972. The number of allylic oxidation sites excluding steroid dienone is 9. The second-order valence-electron chi connectivity index (χ2n) is 29.2. The first-order valence-electron chi connectivity index (χ1n) is 41.0. The number of aliphatic hydroxyl groups is 11. The fraction of sp³-hybridized carbons (Fsp3) is 0.866.